The Hall–Kier alpha value is -2.63. The standard InChI is InChI=1S/C23H13Cl4N3O/c24-15-7-5-14(19(26)10-15)12-28-30-23(31)17-11-22(13-6-8-18(25)20(27)9-13)29-21-4-2-1-3-16(17)21/h1-12H,(H,30,31)/b28-12+. The maximum atomic E-state index is 12.9. The van der Waals surface area contributed by atoms with Crippen LogP contribution in [-0.2, 0) is 0 Å². The number of nitrogens with zero attached hydrogens (tertiary/aromatic N) is 2. The lowest BCUT2D eigenvalue weighted by Crippen LogP contribution is -2.18. The molecule has 0 aliphatic heterocycles. The van der Waals surface area contributed by atoms with Crippen molar-refractivity contribution in [2.45, 2.75) is 0 Å². The van der Waals surface area contributed by atoms with Crippen LogP contribution in [0.25, 0.3) is 22.2 Å². The molecule has 0 atom stereocenters. The molecule has 0 bridgehead atoms. The largest absolute Gasteiger partial charge is 0.272 e. The van der Waals surface area contributed by atoms with Gasteiger partial charge in [0.05, 0.1) is 38.1 Å². The van der Waals surface area contributed by atoms with Gasteiger partial charge in [0.1, 0.15) is 0 Å². The van der Waals surface area contributed by atoms with Gasteiger partial charge in [-0.25, -0.2) is 10.4 Å². The van der Waals surface area contributed by atoms with Crippen LogP contribution in [0.5, 0.6) is 0 Å². The molecule has 4 rings (SSSR count). The number of hydrogen-bond donors (Lipinski definition) is 1. The predicted octanol–water partition coefficient (Wildman–Crippen LogP) is 7.28. The number of carbonyl (C=O) groups excluding carboxylic acids is 1. The Morgan fingerprint density at radius 1 is 0.871 bits per heavy atom. The zero-order valence-corrected chi connectivity index (χ0v) is 18.8. The topological polar surface area (TPSA) is 54.4 Å². The number of nitrogens with one attached hydrogen (secondary N) is 1. The van der Waals surface area contributed by atoms with Crippen molar-refractivity contribution in [1.29, 1.82) is 0 Å². The van der Waals surface area contributed by atoms with E-state index in [1.165, 1.54) is 6.21 Å². The van der Waals surface area contributed by atoms with Crippen LogP contribution < -0.4 is 5.43 Å². The lowest BCUT2D eigenvalue weighted by molar-refractivity contribution is 0.0956. The molecule has 0 unspecified atom stereocenters. The second-order valence-corrected chi connectivity index (χ2v) is 8.22. The summed E-state index contributed by atoms with van der Waals surface area (Å²) in [5, 5.41) is 6.53. The molecule has 1 N–H and O–H groups in total. The molecule has 1 aromatic heterocycles. The number of carbonyl (C=O) groups is 1. The van der Waals surface area contributed by atoms with E-state index in [0.717, 1.165) is 5.56 Å². The van der Waals surface area contributed by atoms with Crippen LogP contribution in [0.3, 0.4) is 0 Å². The van der Waals surface area contributed by atoms with Crippen molar-refractivity contribution in [2.24, 2.45) is 5.10 Å². The number of amides is 1. The van der Waals surface area contributed by atoms with E-state index in [0.29, 0.717) is 47.8 Å². The summed E-state index contributed by atoms with van der Waals surface area (Å²) in [5.74, 6) is -0.388. The molecule has 0 aliphatic carbocycles. The van der Waals surface area contributed by atoms with Crippen molar-refractivity contribution in [3.63, 3.8) is 0 Å². The van der Waals surface area contributed by atoms with E-state index in [1.54, 1.807) is 42.5 Å². The van der Waals surface area contributed by atoms with Crippen LogP contribution in [0, 0.1) is 0 Å². The zero-order valence-electron chi connectivity index (χ0n) is 15.7. The van der Waals surface area contributed by atoms with Crippen LogP contribution >= 0.6 is 46.4 Å². The molecule has 154 valence electrons. The summed E-state index contributed by atoms with van der Waals surface area (Å²) in [7, 11) is 0. The van der Waals surface area contributed by atoms with Gasteiger partial charge in [0.2, 0.25) is 0 Å². The Balaban J connectivity index is 1.69. The number of para-hydroxylation sites is 1. The maximum Gasteiger partial charge on any atom is 0.272 e. The van der Waals surface area contributed by atoms with Crippen molar-refractivity contribution in [3.05, 3.63) is 97.9 Å². The van der Waals surface area contributed by atoms with Crippen molar-refractivity contribution < 1.29 is 4.79 Å². The number of halogens is 4. The summed E-state index contributed by atoms with van der Waals surface area (Å²) < 4.78 is 0. The van der Waals surface area contributed by atoms with Crippen LogP contribution in [-0.4, -0.2) is 17.1 Å². The van der Waals surface area contributed by atoms with E-state index in [2.05, 4.69) is 15.5 Å². The zero-order chi connectivity index (χ0) is 22.0. The molecule has 31 heavy (non-hydrogen) atoms. The Morgan fingerprint density at radius 3 is 2.45 bits per heavy atom. The van der Waals surface area contributed by atoms with Crippen molar-refractivity contribution >= 4 is 69.4 Å². The molecule has 0 spiro atoms. The predicted molar refractivity (Wildman–Crippen MR) is 129 cm³/mol. The molecule has 4 aromatic rings. The SMILES string of the molecule is O=C(N/N=C/c1ccc(Cl)cc1Cl)c1cc(-c2ccc(Cl)c(Cl)c2)nc2ccccc12. The molecule has 1 amide bonds. The number of rotatable bonds is 4. The first-order chi connectivity index (χ1) is 14.9. The van der Waals surface area contributed by atoms with Gasteiger partial charge in [-0.3, -0.25) is 4.79 Å². The first-order valence-corrected chi connectivity index (χ1v) is 10.6. The summed E-state index contributed by atoms with van der Waals surface area (Å²) in [4.78, 5) is 17.6. The summed E-state index contributed by atoms with van der Waals surface area (Å²) in [6.07, 6.45) is 1.46. The smallest absolute Gasteiger partial charge is 0.267 e. The Kier molecular flexibility index (Phi) is 6.44. The van der Waals surface area contributed by atoms with E-state index in [1.807, 2.05) is 24.3 Å². The summed E-state index contributed by atoms with van der Waals surface area (Å²) in [6, 6.07) is 19.3. The molecule has 4 nitrogen and oxygen atoms in total. The molecule has 0 aliphatic rings. The molecular formula is C23H13Cl4N3O. The fourth-order valence-electron chi connectivity index (χ4n) is 2.99. The quantitative estimate of drug-likeness (QED) is 0.242. The third-order valence-corrected chi connectivity index (χ3v) is 5.81. The number of hydrazone groups is 1. The highest BCUT2D eigenvalue weighted by molar-refractivity contribution is 6.42. The average Bonchev–Trinajstić information content (AvgIpc) is 2.76. The van der Waals surface area contributed by atoms with E-state index in [-0.39, 0.29) is 5.91 Å². The van der Waals surface area contributed by atoms with E-state index >= 15 is 0 Å². The van der Waals surface area contributed by atoms with Gasteiger partial charge in [0.25, 0.3) is 5.91 Å². The van der Waals surface area contributed by atoms with Crippen molar-refractivity contribution in [3.8, 4) is 11.3 Å². The fraction of sp³-hybridized carbons (Fsp3) is 0. The number of benzene rings is 3. The molecule has 0 saturated heterocycles. The number of pyridine rings is 1. The van der Waals surface area contributed by atoms with Crippen LogP contribution in [0.4, 0.5) is 0 Å². The second-order valence-electron chi connectivity index (χ2n) is 6.57. The van der Waals surface area contributed by atoms with Gasteiger partial charge in [-0.15, -0.1) is 0 Å². The molecular weight excluding hydrogens is 476 g/mol. The van der Waals surface area contributed by atoms with Gasteiger partial charge < -0.3 is 0 Å². The summed E-state index contributed by atoms with van der Waals surface area (Å²) in [6.45, 7) is 0. The molecule has 0 fully saturated rings. The Morgan fingerprint density at radius 2 is 1.68 bits per heavy atom. The maximum absolute atomic E-state index is 12.9. The first kappa shape index (κ1) is 21.6. The Bertz CT molecular complexity index is 1340. The van der Waals surface area contributed by atoms with Gasteiger partial charge in [-0.05, 0) is 36.4 Å². The van der Waals surface area contributed by atoms with E-state index < -0.39 is 0 Å². The van der Waals surface area contributed by atoms with Crippen LogP contribution in [0.1, 0.15) is 15.9 Å². The summed E-state index contributed by atoms with van der Waals surface area (Å²) >= 11 is 24.2. The molecule has 3 aromatic carbocycles. The monoisotopic (exact) mass is 487 g/mol. The average molecular weight is 489 g/mol. The number of fused-ring (bicyclic) bond motifs is 1. The molecule has 0 radical (unpaired) electrons. The van der Waals surface area contributed by atoms with Gasteiger partial charge in [0, 0.05) is 21.5 Å². The normalized spacial score (nSPS) is 11.2. The second kappa shape index (κ2) is 9.25. The highest BCUT2D eigenvalue weighted by atomic mass is 35.5. The third kappa shape index (κ3) is 4.83. The lowest BCUT2D eigenvalue weighted by atomic mass is 10.0. The van der Waals surface area contributed by atoms with Crippen LogP contribution in [0.15, 0.2) is 71.8 Å². The molecule has 8 heteroatoms. The van der Waals surface area contributed by atoms with Crippen molar-refractivity contribution in [1.82, 2.24) is 10.4 Å². The third-order valence-electron chi connectivity index (χ3n) is 4.51. The van der Waals surface area contributed by atoms with Crippen LogP contribution in [0.2, 0.25) is 20.1 Å². The van der Waals surface area contributed by atoms with Gasteiger partial charge in [-0.2, -0.15) is 5.10 Å². The minimum Gasteiger partial charge on any atom is -0.267 e. The van der Waals surface area contributed by atoms with Gasteiger partial charge in [-0.1, -0.05) is 76.7 Å². The number of aromatic nitrogens is 1. The Labute approximate surface area is 198 Å². The summed E-state index contributed by atoms with van der Waals surface area (Å²) in [5.41, 5.74) is 5.59. The molecule has 1 heterocycles. The fourth-order valence-corrected chi connectivity index (χ4v) is 3.75. The lowest BCUT2D eigenvalue weighted by Gasteiger charge is -2.09. The van der Waals surface area contributed by atoms with Gasteiger partial charge in [0.15, 0.2) is 0 Å². The van der Waals surface area contributed by atoms with E-state index in [4.69, 9.17) is 46.4 Å². The van der Waals surface area contributed by atoms with E-state index in [9.17, 15) is 4.79 Å². The first-order valence-electron chi connectivity index (χ1n) is 9.06. The molecule has 0 saturated carbocycles. The highest BCUT2D eigenvalue weighted by Gasteiger charge is 2.14. The minimum absolute atomic E-state index is 0.388. The van der Waals surface area contributed by atoms with Gasteiger partial charge >= 0.3 is 0 Å². The minimum atomic E-state index is -0.388. The highest BCUT2D eigenvalue weighted by Crippen LogP contribution is 2.30. The number of hydrogen-bond acceptors (Lipinski definition) is 3. The van der Waals surface area contributed by atoms with Crippen molar-refractivity contribution in [2.75, 3.05) is 0 Å².